The average molecular weight is 551 g/mol. The molecular formula is C27H26Cl3CuP. The van der Waals surface area contributed by atoms with Crippen LogP contribution in [-0.2, 0) is 17.6 Å². The minimum Gasteiger partial charge on any atom is -0.0622 e. The van der Waals surface area contributed by atoms with Crippen molar-refractivity contribution in [2.24, 2.45) is 0 Å². The van der Waals surface area contributed by atoms with E-state index in [1.54, 1.807) is 0 Å². The Morgan fingerprint density at radius 3 is 1.16 bits per heavy atom. The quantitative estimate of drug-likeness (QED) is 0.163. The van der Waals surface area contributed by atoms with Crippen LogP contribution in [0.25, 0.3) is 0 Å². The molecule has 0 unspecified atom stereocenters. The summed E-state index contributed by atoms with van der Waals surface area (Å²) in [6.07, 6.45) is 3.48. The van der Waals surface area contributed by atoms with Crippen molar-refractivity contribution in [3.05, 3.63) is 127 Å². The van der Waals surface area contributed by atoms with E-state index in [1.807, 2.05) is 0 Å². The summed E-state index contributed by atoms with van der Waals surface area (Å²) < 4.78 is 0. The first-order valence-corrected chi connectivity index (χ1v) is 16.2. The Morgan fingerprint density at radius 2 is 0.812 bits per heavy atom. The fourth-order valence-electron chi connectivity index (χ4n) is 4.05. The summed E-state index contributed by atoms with van der Waals surface area (Å²) in [7, 11) is 12.8. The van der Waals surface area contributed by atoms with Crippen molar-refractivity contribution in [2.45, 2.75) is 12.8 Å². The molecule has 0 amide bonds. The summed E-state index contributed by atoms with van der Waals surface area (Å²) in [6, 6.07) is 44.3. The fourth-order valence-corrected chi connectivity index (χ4v) is 8.39. The van der Waals surface area contributed by atoms with Gasteiger partial charge in [0.2, 0.25) is 0 Å². The molecule has 0 heterocycles. The zero-order valence-electron chi connectivity index (χ0n) is 17.6. The second-order valence-electron chi connectivity index (χ2n) is 7.26. The molecule has 0 N–H and O–H groups in total. The summed E-state index contributed by atoms with van der Waals surface area (Å²) in [5.74, 6) is 0. The molecule has 0 aliphatic rings. The number of hydrogen-bond acceptors (Lipinski definition) is 0. The van der Waals surface area contributed by atoms with Crippen molar-refractivity contribution in [3.8, 4) is 0 Å². The Labute approximate surface area is 209 Å². The molecule has 0 spiro atoms. The standard InChI is InChI=1S/C27H26P.3ClH.Cu/c1-5-14-24(15-6-1)16-13-23-28(25-17-7-2-8-18-25,26-19-9-3-10-20-26)27-21-11-4-12-22-27;;;;/h1-12,14-15,17-22H,13,16,23H2;3*1H;/q+1;;;;+2/p-3. The molecule has 171 valence electrons. The van der Waals surface area contributed by atoms with Gasteiger partial charge >= 0.3 is 41.5 Å². The van der Waals surface area contributed by atoms with E-state index < -0.39 is 18.4 Å². The molecule has 0 saturated heterocycles. The van der Waals surface area contributed by atoms with Gasteiger partial charge in [-0.3, -0.25) is 0 Å². The van der Waals surface area contributed by atoms with E-state index in [0.717, 1.165) is 6.42 Å². The van der Waals surface area contributed by atoms with Gasteiger partial charge < -0.3 is 0 Å². The normalized spacial score (nSPS) is 11.3. The Morgan fingerprint density at radius 1 is 0.500 bits per heavy atom. The van der Waals surface area contributed by atoms with Crippen LogP contribution in [0.4, 0.5) is 0 Å². The Bertz CT molecular complexity index is 930. The average Bonchev–Trinajstić information content (AvgIpc) is 2.84. The van der Waals surface area contributed by atoms with Crippen molar-refractivity contribution < 1.29 is 11.2 Å². The summed E-state index contributed by atoms with van der Waals surface area (Å²) in [5.41, 5.74) is 1.43. The van der Waals surface area contributed by atoms with Crippen LogP contribution in [0.2, 0.25) is 0 Å². The third-order valence-corrected chi connectivity index (χ3v) is 9.92. The third kappa shape index (κ3) is 7.10. The number of benzene rings is 4. The SMILES string of the molecule is [Cl][Cu-]([Cl])[Cl].c1ccc(CCC[P+](c2ccccc2)(c2ccccc2)c2ccccc2)cc1. The molecule has 0 radical (unpaired) electrons. The van der Waals surface area contributed by atoms with Gasteiger partial charge in [0.25, 0.3) is 0 Å². The van der Waals surface area contributed by atoms with Crippen molar-refractivity contribution in [1.29, 1.82) is 0 Å². The molecule has 5 heteroatoms. The molecule has 0 nitrogen and oxygen atoms in total. The molecule has 32 heavy (non-hydrogen) atoms. The van der Waals surface area contributed by atoms with Crippen LogP contribution >= 0.6 is 37.6 Å². The van der Waals surface area contributed by atoms with E-state index >= 15 is 0 Å². The minimum absolute atomic E-state index is 0.896. The third-order valence-electron chi connectivity index (χ3n) is 5.39. The zero-order valence-corrected chi connectivity index (χ0v) is 21.7. The van der Waals surface area contributed by atoms with Crippen LogP contribution in [0.1, 0.15) is 12.0 Å². The molecule has 0 fully saturated rings. The Kier molecular flexibility index (Phi) is 10.6. The summed E-state index contributed by atoms with van der Waals surface area (Å²) in [4.78, 5) is 0. The maximum atomic E-state index is 4.83. The first-order valence-electron chi connectivity index (χ1n) is 10.3. The molecule has 0 aliphatic heterocycles. The van der Waals surface area contributed by atoms with E-state index in [-0.39, 0.29) is 0 Å². The van der Waals surface area contributed by atoms with Crippen molar-refractivity contribution in [2.75, 3.05) is 6.16 Å². The summed E-state index contributed by atoms with van der Waals surface area (Å²) in [5, 5.41) is 4.42. The predicted octanol–water partition coefficient (Wildman–Crippen LogP) is 7.68. The van der Waals surface area contributed by atoms with Crippen LogP contribution in [0.15, 0.2) is 121 Å². The number of hydrogen-bond donors (Lipinski definition) is 0. The van der Waals surface area contributed by atoms with Gasteiger partial charge in [0.15, 0.2) is 0 Å². The van der Waals surface area contributed by atoms with Crippen LogP contribution in [0.3, 0.4) is 0 Å². The van der Waals surface area contributed by atoms with Crippen molar-refractivity contribution >= 4 is 53.5 Å². The van der Waals surface area contributed by atoms with Gasteiger partial charge in [-0.2, -0.15) is 0 Å². The van der Waals surface area contributed by atoms with Gasteiger partial charge in [0.05, 0.1) is 6.16 Å². The molecule has 4 aromatic rings. The second-order valence-corrected chi connectivity index (χ2v) is 15.5. The van der Waals surface area contributed by atoms with Crippen molar-refractivity contribution in [1.82, 2.24) is 0 Å². The monoisotopic (exact) mass is 549 g/mol. The molecule has 4 aromatic carbocycles. The molecule has 0 aromatic heterocycles. The minimum atomic E-state index is -1.69. The molecule has 0 bridgehead atoms. The molecule has 0 aliphatic carbocycles. The van der Waals surface area contributed by atoms with E-state index in [0.29, 0.717) is 0 Å². The summed E-state index contributed by atoms with van der Waals surface area (Å²) >= 11 is -0.896. The maximum absolute atomic E-state index is 4.83. The molecular weight excluding hydrogens is 525 g/mol. The van der Waals surface area contributed by atoms with Crippen LogP contribution in [-0.4, -0.2) is 6.16 Å². The predicted molar refractivity (Wildman–Crippen MR) is 142 cm³/mol. The van der Waals surface area contributed by atoms with Crippen molar-refractivity contribution in [3.63, 3.8) is 0 Å². The second kappa shape index (κ2) is 13.4. The van der Waals surface area contributed by atoms with E-state index in [1.165, 1.54) is 34.1 Å². The van der Waals surface area contributed by atoms with E-state index in [4.69, 9.17) is 30.3 Å². The summed E-state index contributed by atoms with van der Waals surface area (Å²) in [6.45, 7) is 0. The van der Waals surface area contributed by atoms with E-state index in [9.17, 15) is 0 Å². The molecule has 0 atom stereocenters. The molecule has 0 saturated carbocycles. The number of halogens is 3. The fraction of sp³-hybridized carbons (Fsp3) is 0.111. The van der Waals surface area contributed by atoms with E-state index in [2.05, 4.69) is 121 Å². The molecule has 4 rings (SSSR count). The van der Waals surface area contributed by atoms with Gasteiger partial charge in [-0.05, 0) is 54.8 Å². The van der Waals surface area contributed by atoms with Gasteiger partial charge in [-0.25, -0.2) is 0 Å². The van der Waals surface area contributed by atoms with Gasteiger partial charge in [-0.15, -0.1) is 0 Å². The van der Waals surface area contributed by atoms with Crippen LogP contribution in [0.5, 0.6) is 0 Å². The van der Waals surface area contributed by atoms with Gasteiger partial charge in [0.1, 0.15) is 23.2 Å². The van der Waals surface area contributed by atoms with Crippen LogP contribution < -0.4 is 15.9 Å². The smallest absolute Gasteiger partial charge is 0.0622 e. The first kappa shape index (κ1) is 25.3. The zero-order chi connectivity index (χ0) is 22.7. The first-order chi connectivity index (χ1) is 15.6. The van der Waals surface area contributed by atoms with Crippen LogP contribution in [0, 0.1) is 0 Å². The number of aryl methyl sites for hydroxylation is 1. The largest absolute Gasteiger partial charge is 0.112 e. The topological polar surface area (TPSA) is 0 Å². The van der Waals surface area contributed by atoms with Gasteiger partial charge in [-0.1, -0.05) is 84.9 Å². The Hall–Kier alpha value is -1.30. The van der Waals surface area contributed by atoms with Gasteiger partial charge in [0, 0.05) is 0 Å². The Balaban J connectivity index is 0.000000668. The maximum Gasteiger partial charge on any atom is 0.112 e. The number of rotatable bonds is 7.